The first-order chi connectivity index (χ1) is 16.7. The lowest BCUT2D eigenvalue weighted by atomic mass is 10.1. The van der Waals surface area contributed by atoms with E-state index in [1.54, 1.807) is 38.5 Å². The van der Waals surface area contributed by atoms with Crippen molar-refractivity contribution in [2.45, 2.75) is 51.1 Å². The highest BCUT2D eigenvalue weighted by Crippen LogP contribution is 2.34. The summed E-state index contributed by atoms with van der Waals surface area (Å²) in [6.45, 7) is 1.39. The molecule has 7 heteroatoms. The molecule has 34 heavy (non-hydrogen) atoms. The Hall–Kier alpha value is -3.03. The van der Waals surface area contributed by atoms with E-state index >= 15 is 0 Å². The van der Waals surface area contributed by atoms with Crippen molar-refractivity contribution in [3.05, 3.63) is 53.6 Å². The lowest BCUT2D eigenvalue weighted by molar-refractivity contribution is -0.119. The molecule has 2 atom stereocenters. The normalized spacial score (nSPS) is 20.6. The van der Waals surface area contributed by atoms with Gasteiger partial charge < -0.3 is 28.4 Å². The number of allylic oxidation sites excluding steroid dienone is 1. The maximum absolute atomic E-state index is 12.7. The molecule has 0 aromatic heterocycles. The predicted octanol–water partition coefficient (Wildman–Crippen LogP) is 5.41. The Kier molecular flexibility index (Phi) is 8.44. The molecular formula is C27H32O7. The molecule has 0 N–H and O–H groups in total. The summed E-state index contributed by atoms with van der Waals surface area (Å²) in [5.74, 6) is 2.14. The van der Waals surface area contributed by atoms with Crippen molar-refractivity contribution >= 4 is 11.9 Å². The molecule has 2 aromatic rings. The highest BCUT2D eigenvalue weighted by Gasteiger charge is 2.21. The van der Waals surface area contributed by atoms with Crippen LogP contribution in [0.2, 0.25) is 0 Å². The largest absolute Gasteiger partial charge is 0.493 e. The number of hydrogen-bond donors (Lipinski definition) is 0. The fraction of sp³-hybridized carbons (Fsp3) is 0.444. The topological polar surface area (TPSA) is 72.5 Å². The van der Waals surface area contributed by atoms with Crippen molar-refractivity contribution in [1.82, 2.24) is 0 Å². The van der Waals surface area contributed by atoms with Gasteiger partial charge in [0.15, 0.2) is 41.4 Å². The van der Waals surface area contributed by atoms with E-state index in [1.165, 1.54) is 6.08 Å². The molecule has 0 amide bonds. The van der Waals surface area contributed by atoms with Crippen LogP contribution in [-0.2, 0) is 9.47 Å². The van der Waals surface area contributed by atoms with Crippen molar-refractivity contribution in [2.75, 3.05) is 27.4 Å². The summed E-state index contributed by atoms with van der Waals surface area (Å²) < 4.78 is 34.3. The molecule has 0 aliphatic carbocycles. The van der Waals surface area contributed by atoms with Gasteiger partial charge in [-0.1, -0.05) is 12.1 Å². The van der Waals surface area contributed by atoms with Crippen LogP contribution in [0.4, 0.5) is 0 Å². The first-order valence-electron chi connectivity index (χ1n) is 11.8. The molecular weight excluding hydrogens is 436 g/mol. The fourth-order valence-electron chi connectivity index (χ4n) is 3.97. The minimum Gasteiger partial charge on any atom is -0.493 e. The first kappa shape index (κ1) is 24.1. The van der Waals surface area contributed by atoms with E-state index in [0.29, 0.717) is 41.8 Å². The lowest BCUT2D eigenvalue weighted by Gasteiger charge is -2.27. The molecule has 7 nitrogen and oxygen atoms in total. The zero-order chi connectivity index (χ0) is 23.8. The average Bonchev–Trinajstić information content (AvgIpc) is 2.89. The quantitative estimate of drug-likeness (QED) is 0.360. The molecule has 2 aromatic carbocycles. The van der Waals surface area contributed by atoms with Crippen LogP contribution in [0.15, 0.2) is 42.5 Å². The van der Waals surface area contributed by atoms with E-state index < -0.39 is 0 Å². The molecule has 182 valence electrons. The molecule has 2 aliphatic heterocycles. The third-order valence-corrected chi connectivity index (χ3v) is 5.86. The van der Waals surface area contributed by atoms with Crippen molar-refractivity contribution in [2.24, 2.45) is 0 Å². The summed E-state index contributed by atoms with van der Waals surface area (Å²) in [5, 5.41) is 0. The van der Waals surface area contributed by atoms with Gasteiger partial charge in [0.25, 0.3) is 0 Å². The minimum atomic E-state index is -0.309. The number of carbonyl (C=O) groups is 1. The molecule has 0 bridgehead atoms. The lowest BCUT2D eigenvalue weighted by Crippen LogP contribution is -2.27. The van der Waals surface area contributed by atoms with Crippen LogP contribution in [0, 0.1) is 0 Å². The molecule has 2 fully saturated rings. The Morgan fingerprint density at radius 2 is 1.44 bits per heavy atom. The molecule has 0 saturated carbocycles. The van der Waals surface area contributed by atoms with E-state index in [1.807, 2.05) is 18.2 Å². The molecule has 2 saturated heterocycles. The summed E-state index contributed by atoms with van der Waals surface area (Å²) >= 11 is 0. The van der Waals surface area contributed by atoms with E-state index in [-0.39, 0.29) is 18.4 Å². The summed E-state index contributed by atoms with van der Waals surface area (Å²) in [4.78, 5) is 12.7. The van der Waals surface area contributed by atoms with Crippen molar-refractivity contribution in [3.8, 4) is 23.0 Å². The van der Waals surface area contributed by atoms with Gasteiger partial charge in [-0.15, -0.1) is 0 Å². The Morgan fingerprint density at radius 1 is 0.794 bits per heavy atom. The highest BCUT2D eigenvalue weighted by molar-refractivity contribution is 6.07. The zero-order valence-electron chi connectivity index (χ0n) is 19.8. The van der Waals surface area contributed by atoms with Crippen LogP contribution in [0.3, 0.4) is 0 Å². The molecule has 0 radical (unpaired) electrons. The van der Waals surface area contributed by atoms with Gasteiger partial charge in [0.05, 0.1) is 27.4 Å². The number of benzene rings is 2. The number of hydrogen-bond acceptors (Lipinski definition) is 7. The second kappa shape index (κ2) is 11.9. The monoisotopic (exact) mass is 468 g/mol. The van der Waals surface area contributed by atoms with Crippen LogP contribution in [0.25, 0.3) is 6.08 Å². The third-order valence-electron chi connectivity index (χ3n) is 5.86. The van der Waals surface area contributed by atoms with Gasteiger partial charge in [0.2, 0.25) is 0 Å². The molecule has 2 aliphatic rings. The second-order valence-corrected chi connectivity index (χ2v) is 8.30. The van der Waals surface area contributed by atoms with Crippen LogP contribution >= 0.6 is 0 Å². The average molecular weight is 469 g/mol. The minimum absolute atomic E-state index is 0.144. The van der Waals surface area contributed by atoms with Crippen LogP contribution in [-0.4, -0.2) is 45.8 Å². The highest BCUT2D eigenvalue weighted by atomic mass is 16.7. The molecule has 4 rings (SSSR count). The second-order valence-electron chi connectivity index (χ2n) is 8.30. The number of ketones is 1. The van der Waals surface area contributed by atoms with Gasteiger partial charge in [-0.25, -0.2) is 0 Å². The summed E-state index contributed by atoms with van der Waals surface area (Å²) in [7, 11) is 3.10. The van der Waals surface area contributed by atoms with Crippen molar-refractivity contribution in [1.29, 1.82) is 0 Å². The van der Waals surface area contributed by atoms with Gasteiger partial charge in [-0.3, -0.25) is 4.79 Å². The van der Waals surface area contributed by atoms with Crippen LogP contribution in [0.5, 0.6) is 23.0 Å². The Labute approximate surface area is 200 Å². The number of methoxy groups -OCH3 is 2. The SMILES string of the molecule is COc1ccc(C(=O)/C=C/c2ccc(OC3CCCCO3)c(OC3CCCCO3)c2)cc1OC. The van der Waals surface area contributed by atoms with Gasteiger partial charge in [0.1, 0.15) is 0 Å². The summed E-state index contributed by atoms with van der Waals surface area (Å²) in [6, 6.07) is 10.7. The summed E-state index contributed by atoms with van der Waals surface area (Å²) in [6.07, 6.45) is 8.61. The first-order valence-corrected chi connectivity index (χ1v) is 11.8. The Morgan fingerprint density at radius 3 is 2.06 bits per heavy atom. The molecule has 2 unspecified atom stereocenters. The maximum Gasteiger partial charge on any atom is 0.200 e. The van der Waals surface area contributed by atoms with E-state index in [0.717, 1.165) is 44.1 Å². The Balaban J connectivity index is 1.51. The van der Waals surface area contributed by atoms with E-state index in [4.69, 9.17) is 28.4 Å². The van der Waals surface area contributed by atoms with E-state index in [2.05, 4.69) is 0 Å². The van der Waals surface area contributed by atoms with Crippen LogP contribution < -0.4 is 18.9 Å². The molecule has 0 spiro atoms. The van der Waals surface area contributed by atoms with Gasteiger partial charge >= 0.3 is 0 Å². The Bertz CT molecular complexity index is 988. The van der Waals surface area contributed by atoms with Crippen LogP contribution in [0.1, 0.15) is 54.4 Å². The standard InChI is InChI=1S/C27H32O7/c1-29-22-14-11-20(18-24(22)30-2)21(28)12-9-19-10-13-23(33-26-7-3-5-15-31-26)25(17-19)34-27-8-4-6-16-32-27/h9-14,17-18,26-27H,3-8,15-16H2,1-2H3/b12-9+. The number of ether oxygens (including phenoxy) is 6. The molecule has 2 heterocycles. The fourth-order valence-corrected chi connectivity index (χ4v) is 3.97. The van der Waals surface area contributed by atoms with Crippen molar-refractivity contribution < 1.29 is 33.2 Å². The maximum atomic E-state index is 12.7. The number of carbonyl (C=O) groups excluding carboxylic acids is 1. The smallest absolute Gasteiger partial charge is 0.200 e. The van der Waals surface area contributed by atoms with Crippen molar-refractivity contribution in [3.63, 3.8) is 0 Å². The van der Waals surface area contributed by atoms with Gasteiger partial charge in [-0.05, 0) is 67.7 Å². The summed E-state index contributed by atoms with van der Waals surface area (Å²) in [5.41, 5.74) is 1.33. The predicted molar refractivity (Wildman–Crippen MR) is 128 cm³/mol. The third kappa shape index (κ3) is 6.30. The number of rotatable bonds is 9. The van der Waals surface area contributed by atoms with Gasteiger partial charge in [-0.2, -0.15) is 0 Å². The van der Waals surface area contributed by atoms with Gasteiger partial charge in [0, 0.05) is 18.4 Å². The van der Waals surface area contributed by atoms with E-state index in [9.17, 15) is 4.79 Å². The zero-order valence-corrected chi connectivity index (χ0v) is 19.8.